The smallest absolute Gasteiger partial charge is 0.395 e. The Morgan fingerprint density at radius 2 is 1.00 bits per heavy atom. The minimum Gasteiger partial charge on any atom is -0.395 e. The Morgan fingerprint density at radius 3 is 1.48 bits per heavy atom. The maximum atomic E-state index is 13.1. The topological polar surface area (TPSA) is 69.7 Å². The zero-order chi connectivity index (χ0) is 38.0. The van der Waals surface area contributed by atoms with Crippen LogP contribution in [0.1, 0.15) is 126 Å². The van der Waals surface area contributed by atoms with Gasteiger partial charge in [-0.25, -0.2) is 4.79 Å². The maximum Gasteiger partial charge on any atom is 0.519 e. The molecule has 6 rings (SSSR count). The molecular weight excluding hydrogens is 645 g/mol. The molecule has 52 heavy (non-hydrogen) atoms. The molecule has 0 fully saturated rings. The van der Waals surface area contributed by atoms with Crippen LogP contribution in [0.4, 0.5) is 4.79 Å². The minimum absolute atomic E-state index is 0.244. The molecule has 5 nitrogen and oxygen atoms in total. The van der Waals surface area contributed by atoms with Gasteiger partial charge in [-0.1, -0.05) is 73.7 Å². The molecule has 0 amide bonds. The summed E-state index contributed by atoms with van der Waals surface area (Å²) in [5.41, 5.74) is 9.47. The summed E-state index contributed by atoms with van der Waals surface area (Å²) in [7, 11) is 0. The van der Waals surface area contributed by atoms with E-state index in [4.69, 9.17) is 9.47 Å². The van der Waals surface area contributed by atoms with Crippen molar-refractivity contribution in [1.29, 1.82) is 0 Å². The molecule has 0 aliphatic heterocycles. The van der Waals surface area contributed by atoms with E-state index in [9.17, 15) is 14.4 Å². The molecule has 0 N–H and O–H groups in total. The number of ether oxygens (including phenoxy) is 2. The van der Waals surface area contributed by atoms with Crippen LogP contribution in [0.5, 0.6) is 11.5 Å². The first-order chi connectivity index (χ1) is 24.3. The van der Waals surface area contributed by atoms with Gasteiger partial charge >= 0.3 is 6.16 Å². The fourth-order valence-corrected chi connectivity index (χ4v) is 8.33. The highest BCUT2D eigenvalue weighted by Crippen LogP contribution is 2.48. The normalized spacial score (nSPS) is 18.2. The predicted molar refractivity (Wildman–Crippen MR) is 211 cm³/mol. The highest BCUT2D eigenvalue weighted by molar-refractivity contribution is 6.04. The van der Waals surface area contributed by atoms with E-state index in [0.717, 1.165) is 61.2 Å². The van der Waals surface area contributed by atoms with Crippen LogP contribution in [0, 0.1) is 0 Å². The van der Waals surface area contributed by atoms with Crippen LogP contribution in [0.3, 0.4) is 0 Å². The largest absolute Gasteiger partial charge is 0.519 e. The van der Waals surface area contributed by atoms with Crippen LogP contribution in [-0.2, 0) is 37.7 Å². The first-order valence-electron chi connectivity index (χ1n) is 18.2. The molecule has 0 heterocycles. The van der Waals surface area contributed by atoms with Gasteiger partial charge in [0.2, 0.25) is 0 Å². The van der Waals surface area contributed by atoms with Crippen LogP contribution in [0.15, 0.2) is 78.9 Å². The zero-order valence-corrected chi connectivity index (χ0v) is 32.4. The summed E-state index contributed by atoms with van der Waals surface area (Å²) in [6.45, 7) is 22.2. The van der Waals surface area contributed by atoms with Gasteiger partial charge in [-0.2, -0.15) is 0 Å². The lowest BCUT2D eigenvalue weighted by atomic mass is 9.80. The lowest BCUT2D eigenvalue weighted by Gasteiger charge is -2.21. The van der Waals surface area contributed by atoms with Crippen LogP contribution >= 0.6 is 0 Å². The molecule has 0 atom stereocenters. The molecule has 4 aromatic rings. The summed E-state index contributed by atoms with van der Waals surface area (Å²) >= 11 is 0. The second-order valence-electron chi connectivity index (χ2n) is 16.6. The van der Waals surface area contributed by atoms with E-state index in [2.05, 4.69) is 62.4 Å². The fourth-order valence-electron chi connectivity index (χ4n) is 8.33. The number of ketones is 2. The molecule has 2 aliphatic carbocycles. The molecule has 0 saturated heterocycles. The Balaban J connectivity index is 1.12. The van der Waals surface area contributed by atoms with Gasteiger partial charge < -0.3 is 9.47 Å². The molecule has 0 saturated carbocycles. The van der Waals surface area contributed by atoms with Gasteiger partial charge in [-0.05, 0) is 161 Å². The van der Waals surface area contributed by atoms with Crippen molar-refractivity contribution in [3.63, 3.8) is 0 Å². The Bertz CT molecular complexity index is 2190. The van der Waals surface area contributed by atoms with Gasteiger partial charge in [0.15, 0.2) is 11.6 Å². The monoisotopic (exact) mass is 694 g/mol. The molecule has 5 heteroatoms. The van der Waals surface area contributed by atoms with Crippen molar-refractivity contribution in [2.24, 2.45) is 0 Å². The Morgan fingerprint density at radius 1 is 0.558 bits per heavy atom. The number of carbonyl (C=O) groups is 3. The standard InChI is InChI=1S/C47H50O5/c1-12-32-25-31(24-29(3)34-17-21-37-39(27-34)47(10,11)42(49)45(37,6)7)15-22-40(32)52-43(50)51-35-18-13-30(14-19-35)23-28(2)33-16-20-36-38(26-33)46(8,9)41(48)44(36,4)5/h13-27H,12H2,1-11H3/b28-23+,29-24+. The summed E-state index contributed by atoms with van der Waals surface area (Å²) in [5.74, 6) is 1.33. The number of aryl methyl sites for hydroxylation is 1. The molecule has 0 bridgehead atoms. The molecular formula is C47H50O5. The molecule has 4 aromatic carbocycles. The van der Waals surface area contributed by atoms with E-state index in [1.165, 1.54) is 0 Å². The lowest BCUT2D eigenvalue weighted by Crippen LogP contribution is -2.33. The van der Waals surface area contributed by atoms with Gasteiger partial charge in [-0.15, -0.1) is 0 Å². The first-order valence-corrected chi connectivity index (χ1v) is 18.2. The van der Waals surface area contributed by atoms with E-state index in [1.54, 1.807) is 18.2 Å². The lowest BCUT2D eigenvalue weighted by molar-refractivity contribution is -0.127. The summed E-state index contributed by atoms with van der Waals surface area (Å²) in [6.07, 6.45) is 4.06. The zero-order valence-electron chi connectivity index (χ0n) is 32.4. The third-order valence-corrected chi connectivity index (χ3v) is 11.4. The Labute approximate surface area is 308 Å². The Kier molecular flexibility index (Phi) is 9.10. The van der Waals surface area contributed by atoms with Crippen molar-refractivity contribution in [3.8, 4) is 11.5 Å². The van der Waals surface area contributed by atoms with Crippen molar-refractivity contribution in [1.82, 2.24) is 0 Å². The summed E-state index contributed by atoms with van der Waals surface area (Å²) in [6, 6.07) is 25.7. The average molecular weight is 695 g/mol. The average Bonchev–Trinajstić information content (AvgIpc) is 3.33. The van der Waals surface area contributed by atoms with Crippen molar-refractivity contribution >= 4 is 41.0 Å². The van der Waals surface area contributed by atoms with Gasteiger partial charge in [0.1, 0.15) is 11.5 Å². The van der Waals surface area contributed by atoms with Crippen LogP contribution in [0.25, 0.3) is 23.3 Å². The highest BCUT2D eigenvalue weighted by Gasteiger charge is 2.51. The molecule has 2 aliphatic rings. The second-order valence-corrected chi connectivity index (χ2v) is 16.6. The molecule has 0 aromatic heterocycles. The van der Waals surface area contributed by atoms with Crippen molar-refractivity contribution in [2.45, 2.75) is 104 Å². The second kappa shape index (κ2) is 12.9. The fraction of sp³-hybridized carbons (Fsp3) is 0.340. The van der Waals surface area contributed by atoms with E-state index >= 15 is 0 Å². The van der Waals surface area contributed by atoms with Crippen LogP contribution in [-0.4, -0.2) is 17.7 Å². The molecule has 0 unspecified atom stereocenters. The number of hydrogen-bond donors (Lipinski definition) is 0. The third kappa shape index (κ3) is 6.25. The number of allylic oxidation sites excluding steroid dienone is 2. The van der Waals surface area contributed by atoms with Crippen molar-refractivity contribution in [2.75, 3.05) is 0 Å². The van der Waals surface area contributed by atoms with Gasteiger partial charge in [0, 0.05) is 21.7 Å². The van der Waals surface area contributed by atoms with E-state index < -0.39 is 27.8 Å². The van der Waals surface area contributed by atoms with E-state index in [0.29, 0.717) is 17.9 Å². The molecule has 0 spiro atoms. The summed E-state index contributed by atoms with van der Waals surface area (Å²) in [5, 5.41) is 0. The van der Waals surface area contributed by atoms with Gasteiger partial charge in [0.25, 0.3) is 0 Å². The molecule has 268 valence electrons. The van der Waals surface area contributed by atoms with Crippen LogP contribution in [0.2, 0.25) is 0 Å². The van der Waals surface area contributed by atoms with Crippen LogP contribution < -0.4 is 9.47 Å². The predicted octanol–water partition coefficient (Wildman–Crippen LogP) is 11.2. The highest BCUT2D eigenvalue weighted by atomic mass is 16.7. The number of hydrogen-bond acceptors (Lipinski definition) is 5. The summed E-state index contributed by atoms with van der Waals surface area (Å²) in [4.78, 5) is 39.1. The van der Waals surface area contributed by atoms with Gasteiger partial charge in [-0.3, -0.25) is 9.59 Å². The SMILES string of the molecule is CCc1cc(/C=C(\C)c2ccc3c(c2)C(C)(C)C(=O)C3(C)C)ccc1OC(=O)Oc1ccc(/C=C(\C)c2ccc3c(c2)C(C)(C)C(=O)C3(C)C)cc1. The van der Waals surface area contributed by atoms with Crippen molar-refractivity contribution < 1.29 is 23.9 Å². The number of rotatable bonds is 7. The molecule has 0 radical (unpaired) electrons. The van der Waals surface area contributed by atoms with E-state index in [1.807, 2.05) is 86.6 Å². The third-order valence-electron chi connectivity index (χ3n) is 11.4. The quantitative estimate of drug-likeness (QED) is 0.109. The minimum atomic E-state index is -0.801. The number of carbonyl (C=O) groups excluding carboxylic acids is 3. The van der Waals surface area contributed by atoms with E-state index in [-0.39, 0.29) is 11.6 Å². The number of benzene rings is 4. The number of Topliss-reactive ketones (excluding diaryl/α,β-unsaturated/α-hetero) is 2. The first kappa shape index (κ1) is 36.8. The number of fused-ring (bicyclic) bond motifs is 2. The Hall–Kier alpha value is -5.03. The maximum absolute atomic E-state index is 13.1. The van der Waals surface area contributed by atoms with Crippen molar-refractivity contribution in [3.05, 3.63) is 129 Å². The summed E-state index contributed by atoms with van der Waals surface area (Å²) < 4.78 is 11.2. The van der Waals surface area contributed by atoms with Gasteiger partial charge in [0.05, 0.1) is 0 Å².